The van der Waals surface area contributed by atoms with Crippen LogP contribution in [-0.2, 0) is 20.9 Å². The molecular weight excluding hydrogens is 722 g/mol. The molecule has 0 radical (unpaired) electrons. The number of anilines is 2. The number of hydrogen-bond acceptors (Lipinski definition) is 8. The minimum Gasteiger partial charge on any atom is -0.497 e. The lowest BCUT2D eigenvalue weighted by Gasteiger charge is -2.27. The lowest BCUT2D eigenvalue weighted by Crippen LogP contribution is -2.41. The van der Waals surface area contributed by atoms with Gasteiger partial charge in [0.25, 0.3) is 5.91 Å². The Labute approximate surface area is 320 Å². The van der Waals surface area contributed by atoms with Crippen molar-refractivity contribution in [3.05, 3.63) is 126 Å². The van der Waals surface area contributed by atoms with Gasteiger partial charge < -0.3 is 24.8 Å². The van der Waals surface area contributed by atoms with Crippen molar-refractivity contribution in [2.75, 3.05) is 38.3 Å². The van der Waals surface area contributed by atoms with E-state index in [1.807, 2.05) is 24.3 Å². The summed E-state index contributed by atoms with van der Waals surface area (Å²) in [5.41, 5.74) is 7.60. The van der Waals surface area contributed by atoms with Crippen molar-refractivity contribution in [2.45, 2.75) is 19.4 Å². The van der Waals surface area contributed by atoms with Crippen molar-refractivity contribution in [2.24, 2.45) is 11.1 Å². The molecule has 2 aliphatic rings. The topological polar surface area (TPSA) is 142 Å². The molecule has 2 aromatic heterocycles. The first-order valence-corrected chi connectivity index (χ1v) is 18.0. The molecule has 12 nitrogen and oxygen atoms in total. The van der Waals surface area contributed by atoms with E-state index in [0.717, 1.165) is 11.6 Å². The number of amides is 3. The van der Waals surface area contributed by atoms with Gasteiger partial charge in [-0.3, -0.25) is 19.3 Å². The van der Waals surface area contributed by atoms with Crippen LogP contribution in [0.4, 0.5) is 20.2 Å². The Bertz CT molecular complexity index is 2440. The quantitative estimate of drug-likeness (QED) is 0.145. The predicted octanol–water partition coefficient (Wildman–Crippen LogP) is 6.63. The first-order valence-electron chi connectivity index (χ1n) is 18.0. The van der Waals surface area contributed by atoms with Crippen LogP contribution in [-0.4, -0.2) is 70.8 Å². The molecule has 0 spiro atoms. The Hall–Kier alpha value is -6.67. The fourth-order valence-corrected chi connectivity index (χ4v) is 6.80. The Morgan fingerprint density at radius 2 is 1.57 bits per heavy atom. The number of morpholine rings is 1. The molecule has 0 bridgehead atoms. The maximum atomic E-state index is 16.2. The molecule has 1 saturated heterocycles. The summed E-state index contributed by atoms with van der Waals surface area (Å²) in [5, 5.41) is 5.45. The molecular formula is C42H36F2N6O6. The van der Waals surface area contributed by atoms with Crippen LogP contribution >= 0.6 is 0 Å². The minimum absolute atomic E-state index is 0.0959. The average Bonchev–Trinajstić information content (AvgIpc) is 3.97. The maximum absolute atomic E-state index is 16.2. The highest BCUT2D eigenvalue weighted by atomic mass is 19.1. The van der Waals surface area contributed by atoms with Crippen LogP contribution in [0.25, 0.3) is 22.3 Å². The lowest BCUT2D eigenvalue weighted by molar-refractivity contribution is -0.133. The van der Waals surface area contributed by atoms with Gasteiger partial charge in [-0.25, -0.2) is 18.4 Å². The number of nitrogens with two attached hydrogens (primary N) is 1. The summed E-state index contributed by atoms with van der Waals surface area (Å²) in [5.74, 6) is -2.05. The second-order valence-electron chi connectivity index (χ2n) is 13.6. The van der Waals surface area contributed by atoms with Gasteiger partial charge in [-0.05, 0) is 85.1 Å². The number of methoxy groups -OCH3 is 1. The zero-order valence-corrected chi connectivity index (χ0v) is 30.3. The van der Waals surface area contributed by atoms with Crippen LogP contribution < -0.4 is 20.1 Å². The van der Waals surface area contributed by atoms with Crippen LogP contribution in [0.15, 0.2) is 103 Å². The van der Waals surface area contributed by atoms with Crippen molar-refractivity contribution in [1.29, 1.82) is 0 Å². The molecule has 2 fully saturated rings. The second-order valence-corrected chi connectivity index (χ2v) is 13.6. The normalized spacial score (nSPS) is 14.7. The molecule has 3 heterocycles. The van der Waals surface area contributed by atoms with Gasteiger partial charge in [-0.1, -0.05) is 24.3 Å². The molecule has 4 aromatic carbocycles. The zero-order valence-electron chi connectivity index (χ0n) is 30.3. The molecule has 0 atom stereocenters. The number of hydrogen-bond donors (Lipinski definition) is 1. The molecule has 1 aliphatic heterocycles. The van der Waals surface area contributed by atoms with Crippen molar-refractivity contribution in [3.8, 4) is 28.5 Å². The monoisotopic (exact) mass is 758 g/mol. The summed E-state index contributed by atoms with van der Waals surface area (Å²) in [4.78, 5) is 46.9. The number of halogens is 2. The third-order valence-electron chi connectivity index (χ3n) is 10.1. The van der Waals surface area contributed by atoms with Crippen LogP contribution in [0, 0.1) is 17.0 Å². The smallest absolute Gasteiger partial charge is 0.254 e. The molecule has 3 amide bonds. The van der Waals surface area contributed by atoms with Gasteiger partial charge in [0.2, 0.25) is 11.8 Å². The van der Waals surface area contributed by atoms with Gasteiger partial charge in [0, 0.05) is 42.2 Å². The number of ether oxygens (including phenoxy) is 3. The zero-order chi connectivity index (χ0) is 39.0. The highest BCUT2D eigenvalue weighted by molar-refractivity contribution is 6.16. The first kappa shape index (κ1) is 36.3. The van der Waals surface area contributed by atoms with Gasteiger partial charge in [0.15, 0.2) is 17.2 Å². The summed E-state index contributed by atoms with van der Waals surface area (Å²) in [6.07, 6.45) is 2.04. The summed E-state index contributed by atoms with van der Waals surface area (Å²) in [7, 11) is 1.60. The largest absolute Gasteiger partial charge is 0.497 e. The van der Waals surface area contributed by atoms with Crippen LogP contribution in [0.1, 0.15) is 28.8 Å². The number of carbonyl (C=O) groups is 3. The fourth-order valence-electron chi connectivity index (χ4n) is 6.80. The molecule has 6 aromatic rings. The van der Waals surface area contributed by atoms with E-state index in [4.69, 9.17) is 25.0 Å². The van der Waals surface area contributed by atoms with E-state index in [1.54, 1.807) is 47.0 Å². The molecule has 284 valence electrons. The van der Waals surface area contributed by atoms with E-state index < -0.39 is 28.9 Å². The number of aromatic nitrogens is 3. The van der Waals surface area contributed by atoms with Gasteiger partial charge in [-0.2, -0.15) is 5.10 Å². The fraction of sp³-hybridized carbons (Fsp3) is 0.214. The van der Waals surface area contributed by atoms with Crippen molar-refractivity contribution in [3.63, 3.8) is 0 Å². The third-order valence-corrected chi connectivity index (χ3v) is 10.1. The minimum atomic E-state index is -1.43. The van der Waals surface area contributed by atoms with Gasteiger partial charge in [0.05, 0.1) is 37.9 Å². The van der Waals surface area contributed by atoms with E-state index in [0.29, 0.717) is 66.5 Å². The summed E-state index contributed by atoms with van der Waals surface area (Å²) in [6, 6.07) is 25.3. The number of rotatable bonds is 11. The number of carbonyl (C=O) groups excluding carboxylic acids is 3. The number of primary amides is 1. The summed E-state index contributed by atoms with van der Waals surface area (Å²) >= 11 is 0. The van der Waals surface area contributed by atoms with Crippen LogP contribution in [0.3, 0.4) is 0 Å². The number of benzene rings is 4. The highest BCUT2D eigenvalue weighted by Crippen LogP contribution is 2.49. The second kappa shape index (κ2) is 14.9. The lowest BCUT2D eigenvalue weighted by atomic mass is 10.0. The van der Waals surface area contributed by atoms with Gasteiger partial charge >= 0.3 is 0 Å². The molecule has 1 saturated carbocycles. The summed E-state index contributed by atoms with van der Waals surface area (Å²) < 4.78 is 48.7. The van der Waals surface area contributed by atoms with Gasteiger partial charge in [-0.15, -0.1) is 0 Å². The van der Waals surface area contributed by atoms with Crippen molar-refractivity contribution < 1.29 is 37.4 Å². The SMILES string of the molecule is COc1ccc(Cn2nc(-c3ccc(C(=O)N4CCOCC4)cc3)c3c(Oc4ccc(N(C(=O)C5(C(N)=O)CC5)c5ccc(F)cc5)cc4F)ccnc32)cc1. The molecule has 0 unspecified atom stereocenters. The van der Waals surface area contributed by atoms with Crippen molar-refractivity contribution >= 4 is 40.1 Å². The standard InChI is InChI=1S/C42H36F2N6O6/c1-54-32-13-2-26(3-14-32)25-49-38-36(37(47-49)27-4-6-28(7-5-27)39(51)48-20-22-55-23-21-48)35(16-19-46-38)56-34-15-12-31(24-33(34)44)50(30-10-8-29(43)9-11-30)41(53)42(17-18-42)40(45)52/h2-16,19,24H,17-18,20-23,25H2,1H3,(H2,45,52). The summed E-state index contributed by atoms with van der Waals surface area (Å²) in [6.45, 7) is 2.34. The van der Waals surface area contributed by atoms with E-state index in [1.165, 1.54) is 47.5 Å². The van der Waals surface area contributed by atoms with Crippen LogP contribution in [0.2, 0.25) is 0 Å². The Morgan fingerprint density at radius 3 is 2.21 bits per heavy atom. The van der Waals surface area contributed by atoms with Crippen LogP contribution in [0.5, 0.6) is 17.2 Å². The molecule has 14 heteroatoms. The highest BCUT2D eigenvalue weighted by Gasteiger charge is 2.57. The number of fused-ring (bicyclic) bond motifs is 1. The van der Waals surface area contributed by atoms with E-state index in [2.05, 4.69) is 4.98 Å². The van der Waals surface area contributed by atoms with Gasteiger partial charge in [0.1, 0.15) is 28.4 Å². The predicted molar refractivity (Wildman–Crippen MR) is 203 cm³/mol. The van der Waals surface area contributed by atoms with E-state index in [-0.39, 0.29) is 41.6 Å². The number of nitrogens with zero attached hydrogens (tertiary/aromatic N) is 5. The Kier molecular flexibility index (Phi) is 9.64. The van der Waals surface area contributed by atoms with Crippen molar-refractivity contribution in [1.82, 2.24) is 19.7 Å². The average molecular weight is 759 g/mol. The first-order chi connectivity index (χ1) is 27.1. The third kappa shape index (κ3) is 6.90. The molecule has 2 N–H and O–H groups in total. The molecule has 1 aliphatic carbocycles. The Balaban J connectivity index is 1.16. The Morgan fingerprint density at radius 1 is 0.875 bits per heavy atom. The van der Waals surface area contributed by atoms with E-state index in [9.17, 15) is 18.8 Å². The number of pyridine rings is 1. The molecule has 8 rings (SSSR count). The molecule has 56 heavy (non-hydrogen) atoms. The maximum Gasteiger partial charge on any atom is 0.254 e. The van der Waals surface area contributed by atoms with E-state index >= 15 is 4.39 Å².